The average molecular weight is 324 g/mol. The lowest BCUT2D eigenvalue weighted by Crippen LogP contribution is -2.23. The molecular formula is C21H24O3. The molecule has 0 aliphatic heterocycles. The van der Waals surface area contributed by atoms with E-state index in [0.29, 0.717) is 12.2 Å². The first kappa shape index (κ1) is 17.8. The summed E-state index contributed by atoms with van der Waals surface area (Å²) in [5, 5.41) is 0. The van der Waals surface area contributed by atoms with Crippen molar-refractivity contribution >= 4 is 12.0 Å². The predicted octanol–water partition coefficient (Wildman–Crippen LogP) is 5.35. The van der Waals surface area contributed by atoms with Crippen LogP contribution in [0.3, 0.4) is 0 Å². The van der Waals surface area contributed by atoms with Crippen molar-refractivity contribution in [3.05, 3.63) is 60.2 Å². The minimum absolute atomic E-state index is 0.320. The van der Waals surface area contributed by atoms with Gasteiger partial charge < -0.3 is 9.47 Å². The summed E-state index contributed by atoms with van der Waals surface area (Å²) in [7, 11) is 0. The number of carbonyl (C=O) groups is 1. The molecule has 0 heterocycles. The molecule has 0 unspecified atom stereocenters. The van der Waals surface area contributed by atoms with Gasteiger partial charge in [0.05, 0.1) is 12.2 Å². The summed E-state index contributed by atoms with van der Waals surface area (Å²) in [5.41, 5.74) is 2.94. The molecule has 2 aromatic carbocycles. The fourth-order valence-corrected chi connectivity index (χ4v) is 2.37. The molecule has 0 saturated heterocycles. The maximum atomic E-state index is 12.1. The highest BCUT2D eigenvalue weighted by molar-refractivity contribution is 5.90. The standard InChI is InChI=1S/C21H24O3/c1-6-15-9-8-10-18(19(15)23-7-2)16-11-13-17(14-12-16)20(22)24-21(3,4)5/h6,8-14H,1,7H2,2-5H3. The Kier molecular flexibility index (Phi) is 5.45. The highest BCUT2D eigenvalue weighted by atomic mass is 16.6. The van der Waals surface area contributed by atoms with Crippen molar-refractivity contribution < 1.29 is 14.3 Å². The third-order valence-electron chi connectivity index (χ3n) is 3.38. The molecule has 0 atom stereocenters. The van der Waals surface area contributed by atoms with E-state index >= 15 is 0 Å². The number of esters is 1. The average Bonchev–Trinajstić information content (AvgIpc) is 2.54. The molecular weight excluding hydrogens is 300 g/mol. The second-order valence-corrected chi connectivity index (χ2v) is 6.44. The van der Waals surface area contributed by atoms with E-state index in [4.69, 9.17) is 9.47 Å². The smallest absolute Gasteiger partial charge is 0.338 e. The largest absolute Gasteiger partial charge is 0.493 e. The van der Waals surface area contributed by atoms with Gasteiger partial charge in [-0.15, -0.1) is 0 Å². The third kappa shape index (κ3) is 4.25. The molecule has 3 heteroatoms. The van der Waals surface area contributed by atoms with E-state index in [-0.39, 0.29) is 5.97 Å². The highest BCUT2D eigenvalue weighted by Crippen LogP contribution is 2.34. The summed E-state index contributed by atoms with van der Waals surface area (Å²) >= 11 is 0. The molecule has 0 fully saturated rings. The molecule has 0 aromatic heterocycles. The first-order valence-electron chi connectivity index (χ1n) is 8.07. The molecule has 0 N–H and O–H groups in total. The molecule has 0 spiro atoms. The van der Waals surface area contributed by atoms with Gasteiger partial charge in [-0.3, -0.25) is 0 Å². The zero-order valence-corrected chi connectivity index (χ0v) is 14.8. The van der Waals surface area contributed by atoms with Crippen LogP contribution in [0.15, 0.2) is 49.0 Å². The fourth-order valence-electron chi connectivity index (χ4n) is 2.37. The van der Waals surface area contributed by atoms with Crippen molar-refractivity contribution in [1.82, 2.24) is 0 Å². The Morgan fingerprint density at radius 1 is 1.12 bits per heavy atom. The number of hydrogen-bond acceptors (Lipinski definition) is 3. The van der Waals surface area contributed by atoms with Crippen LogP contribution in [0.5, 0.6) is 5.75 Å². The van der Waals surface area contributed by atoms with Crippen molar-refractivity contribution in [2.24, 2.45) is 0 Å². The van der Waals surface area contributed by atoms with Crippen LogP contribution in [0.1, 0.15) is 43.6 Å². The summed E-state index contributed by atoms with van der Waals surface area (Å²) in [6, 6.07) is 13.3. The molecule has 0 bridgehead atoms. The van der Waals surface area contributed by atoms with Gasteiger partial charge in [-0.1, -0.05) is 43.0 Å². The van der Waals surface area contributed by atoms with Crippen molar-refractivity contribution in [1.29, 1.82) is 0 Å². The van der Waals surface area contributed by atoms with Gasteiger partial charge in [0.1, 0.15) is 11.4 Å². The number of carbonyl (C=O) groups excluding carboxylic acids is 1. The van der Waals surface area contributed by atoms with Gasteiger partial charge in [0.25, 0.3) is 0 Å². The van der Waals surface area contributed by atoms with Crippen LogP contribution in [-0.4, -0.2) is 18.2 Å². The van der Waals surface area contributed by atoms with Gasteiger partial charge in [0.15, 0.2) is 0 Å². The van der Waals surface area contributed by atoms with Gasteiger partial charge in [-0.05, 0) is 45.4 Å². The molecule has 0 radical (unpaired) electrons. The van der Waals surface area contributed by atoms with E-state index < -0.39 is 5.60 Å². The molecule has 2 rings (SSSR count). The van der Waals surface area contributed by atoms with Crippen LogP contribution < -0.4 is 4.74 Å². The van der Waals surface area contributed by atoms with Crippen molar-refractivity contribution in [2.45, 2.75) is 33.3 Å². The van der Waals surface area contributed by atoms with E-state index in [9.17, 15) is 4.79 Å². The summed E-state index contributed by atoms with van der Waals surface area (Å²) in [6.07, 6.45) is 1.78. The summed E-state index contributed by atoms with van der Waals surface area (Å²) in [4.78, 5) is 12.1. The van der Waals surface area contributed by atoms with E-state index in [1.165, 1.54) is 0 Å². The molecule has 0 aliphatic rings. The lowest BCUT2D eigenvalue weighted by Gasteiger charge is -2.19. The summed E-state index contributed by atoms with van der Waals surface area (Å²) in [6.45, 7) is 11.9. The number of benzene rings is 2. The fraction of sp³-hybridized carbons (Fsp3) is 0.286. The van der Waals surface area contributed by atoms with Gasteiger partial charge >= 0.3 is 5.97 Å². The monoisotopic (exact) mass is 324 g/mol. The minimum atomic E-state index is -0.504. The van der Waals surface area contributed by atoms with Crippen LogP contribution >= 0.6 is 0 Å². The molecule has 126 valence electrons. The topological polar surface area (TPSA) is 35.5 Å². The Hall–Kier alpha value is -2.55. The number of rotatable bonds is 5. The Morgan fingerprint density at radius 2 is 1.79 bits per heavy atom. The minimum Gasteiger partial charge on any atom is -0.493 e. The van der Waals surface area contributed by atoms with Crippen molar-refractivity contribution in [2.75, 3.05) is 6.61 Å². The molecule has 0 amide bonds. The van der Waals surface area contributed by atoms with Crippen LogP contribution in [0.4, 0.5) is 0 Å². The zero-order valence-electron chi connectivity index (χ0n) is 14.8. The highest BCUT2D eigenvalue weighted by Gasteiger charge is 2.18. The van der Waals surface area contributed by atoms with Crippen LogP contribution in [-0.2, 0) is 4.74 Å². The molecule has 0 saturated carbocycles. The quantitative estimate of drug-likeness (QED) is 0.695. The van der Waals surface area contributed by atoms with Crippen LogP contribution in [0, 0.1) is 0 Å². The lowest BCUT2D eigenvalue weighted by atomic mass is 10.00. The lowest BCUT2D eigenvalue weighted by molar-refractivity contribution is 0.00696. The zero-order chi connectivity index (χ0) is 17.7. The maximum Gasteiger partial charge on any atom is 0.338 e. The van der Waals surface area contributed by atoms with Crippen LogP contribution in [0.2, 0.25) is 0 Å². The Balaban J connectivity index is 2.35. The van der Waals surface area contributed by atoms with E-state index in [1.54, 1.807) is 18.2 Å². The van der Waals surface area contributed by atoms with E-state index in [0.717, 1.165) is 22.4 Å². The van der Waals surface area contributed by atoms with Gasteiger partial charge in [0, 0.05) is 11.1 Å². The second-order valence-electron chi connectivity index (χ2n) is 6.44. The van der Waals surface area contributed by atoms with Crippen molar-refractivity contribution in [3.63, 3.8) is 0 Å². The van der Waals surface area contributed by atoms with E-state index in [2.05, 4.69) is 6.58 Å². The summed E-state index contributed by atoms with van der Waals surface area (Å²) in [5.74, 6) is 0.485. The Bertz CT molecular complexity index is 722. The number of hydrogen-bond donors (Lipinski definition) is 0. The predicted molar refractivity (Wildman–Crippen MR) is 98.3 cm³/mol. The third-order valence-corrected chi connectivity index (χ3v) is 3.38. The number of para-hydroxylation sites is 1. The second kappa shape index (κ2) is 7.35. The molecule has 24 heavy (non-hydrogen) atoms. The van der Waals surface area contributed by atoms with Gasteiger partial charge in [0.2, 0.25) is 0 Å². The van der Waals surface area contributed by atoms with Gasteiger partial charge in [-0.25, -0.2) is 4.79 Å². The first-order chi connectivity index (χ1) is 11.4. The summed E-state index contributed by atoms with van der Waals surface area (Å²) < 4.78 is 11.2. The normalized spacial score (nSPS) is 11.0. The molecule has 0 aliphatic carbocycles. The van der Waals surface area contributed by atoms with Crippen LogP contribution in [0.25, 0.3) is 17.2 Å². The SMILES string of the molecule is C=Cc1cccc(-c2ccc(C(=O)OC(C)(C)C)cc2)c1OCC. The van der Waals surface area contributed by atoms with Gasteiger partial charge in [-0.2, -0.15) is 0 Å². The molecule has 2 aromatic rings. The maximum absolute atomic E-state index is 12.1. The number of ether oxygens (including phenoxy) is 2. The Labute approximate surface area is 143 Å². The Morgan fingerprint density at radius 3 is 2.33 bits per heavy atom. The molecule has 3 nitrogen and oxygen atoms in total. The van der Waals surface area contributed by atoms with Crippen molar-refractivity contribution in [3.8, 4) is 16.9 Å². The van der Waals surface area contributed by atoms with E-state index in [1.807, 2.05) is 58.0 Å². The first-order valence-corrected chi connectivity index (χ1v) is 8.07.